The van der Waals surface area contributed by atoms with Crippen LogP contribution in [-0.4, -0.2) is 43.5 Å². The van der Waals surface area contributed by atoms with Gasteiger partial charge in [-0.1, -0.05) is 17.7 Å². The van der Waals surface area contributed by atoms with Crippen LogP contribution in [0.15, 0.2) is 42.7 Å². The number of hydrogen-bond acceptors (Lipinski definition) is 6. The van der Waals surface area contributed by atoms with Gasteiger partial charge in [-0.15, -0.1) is 10.2 Å². The van der Waals surface area contributed by atoms with Crippen LogP contribution in [0.3, 0.4) is 0 Å². The van der Waals surface area contributed by atoms with Gasteiger partial charge >= 0.3 is 0 Å². The molecule has 31 heavy (non-hydrogen) atoms. The fourth-order valence-electron chi connectivity index (χ4n) is 3.54. The van der Waals surface area contributed by atoms with Gasteiger partial charge in [-0.25, -0.2) is 9.97 Å². The molecular weight excluding hydrogens is 416 g/mol. The van der Waals surface area contributed by atoms with Crippen molar-refractivity contribution in [2.45, 2.75) is 13.2 Å². The second-order valence-corrected chi connectivity index (χ2v) is 7.28. The van der Waals surface area contributed by atoms with Gasteiger partial charge in [0.1, 0.15) is 24.3 Å². The molecular formula is C22H17ClN6O2. The van der Waals surface area contributed by atoms with E-state index in [1.807, 2.05) is 39.5 Å². The molecule has 4 heterocycles. The summed E-state index contributed by atoms with van der Waals surface area (Å²) in [5.41, 5.74) is 3.94. The first-order valence-electron chi connectivity index (χ1n) is 9.48. The van der Waals surface area contributed by atoms with Crippen LogP contribution in [0.25, 0.3) is 17.1 Å². The predicted molar refractivity (Wildman–Crippen MR) is 114 cm³/mol. The summed E-state index contributed by atoms with van der Waals surface area (Å²) in [5.74, 6) is 8.18. The molecule has 154 valence electrons. The summed E-state index contributed by atoms with van der Waals surface area (Å²) in [7, 11) is 3.21. The molecule has 0 bridgehead atoms. The number of pyridine rings is 1. The molecule has 8 nitrogen and oxygen atoms in total. The molecule has 1 aliphatic rings. The van der Waals surface area contributed by atoms with E-state index in [-0.39, 0.29) is 0 Å². The minimum Gasteiger partial charge on any atom is -0.481 e. The Bertz CT molecular complexity index is 1350. The summed E-state index contributed by atoms with van der Waals surface area (Å²) in [6.07, 6.45) is 1.76. The summed E-state index contributed by atoms with van der Waals surface area (Å²) >= 11 is 6.29. The maximum Gasteiger partial charge on any atom is 0.214 e. The third kappa shape index (κ3) is 3.44. The van der Waals surface area contributed by atoms with Crippen molar-refractivity contribution >= 4 is 11.6 Å². The second-order valence-electron chi connectivity index (χ2n) is 6.85. The van der Waals surface area contributed by atoms with Crippen LogP contribution in [-0.2, 0) is 17.9 Å². The molecule has 0 saturated carbocycles. The highest BCUT2D eigenvalue weighted by atomic mass is 35.5. The first-order chi connectivity index (χ1) is 15.2. The standard InChI is InChI=1S/C22H17ClN6O2/c1-30-12-20-26-27-22-16-10-14(23)6-9-18(16)29-13-24-17(19(29)11-28(20)22)8-7-15-4-3-5-21(25-15)31-2/h3-6,9-10,13H,11-12H2,1-2H3. The van der Waals surface area contributed by atoms with Crippen LogP contribution in [0, 0.1) is 11.8 Å². The number of rotatable bonds is 3. The number of benzene rings is 1. The van der Waals surface area contributed by atoms with Gasteiger partial charge in [0.2, 0.25) is 5.88 Å². The van der Waals surface area contributed by atoms with Crippen LogP contribution in [0.5, 0.6) is 5.88 Å². The molecule has 0 unspecified atom stereocenters. The van der Waals surface area contributed by atoms with Crippen LogP contribution in [0.4, 0.5) is 0 Å². The zero-order valence-corrected chi connectivity index (χ0v) is 17.6. The van der Waals surface area contributed by atoms with Gasteiger partial charge in [-0.05, 0) is 36.1 Å². The fraction of sp³-hybridized carbons (Fsp3) is 0.182. The summed E-state index contributed by atoms with van der Waals surface area (Å²) in [4.78, 5) is 8.91. The number of aromatic nitrogens is 6. The van der Waals surface area contributed by atoms with E-state index in [4.69, 9.17) is 21.1 Å². The Labute approximate surface area is 183 Å². The Morgan fingerprint density at radius 2 is 2.03 bits per heavy atom. The van der Waals surface area contributed by atoms with Gasteiger partial charge in [0.25, 0.3) is 0 Å². The highest BCUT2D eigenvalue weighted by Gasteiger charge is 2.25. The van der Waals surface area contributed by atoms with Crippen LogP contribution >= 0.6 is 11.6 Å². The lowest BCUT2D eigenvalue weighted by Gasteiger charge is -2.08. The molecule has 9 heteroatoms. The zero-order valence-electron chi connectivity index (χ0n) is 16.8. The molecule has 0 saturated heterocycles. The minimum atomic E-state index is 0.339. The predicted octanol–water partition coefficient (Wildman–Crippen LogP) is 3.10. The van der Waals surface area contributed by atoms with Crippen molar-refractivity contribution in [1.29, 1.82) is 0 Å². The first-order valence-corrected chi connectivity index (χ1v) is 9.86. The highest BCUT2D eigenvalue weighted by molar-refractivity contribution is 6.31. The van der Waals surface area contributed by atoms with Gasteiger partial charge in [-0.2, -0.15) is 0 Å². The van der Waals surface area contributed by atoms with Gasteiger partial charge in [-0.3, -0.25) is 4.57 Å². The first kappa shape index (κ1) is 19.3. The van der Waals surface area contributed by atoms with Crippen molar-refractivity contribution in [2.75, 3.05) is 14.2 Å². The number of imidazole rings is 1. The number of halogens is 1. The summed E-state index contributed by atoms with van der Waals surface area (Å²) < 4.78 is 14.5. The van der Waals surface area contributed by atoms with Crippen molar-refractivity contribution in [1.82, 2.24) is 29.3 Å². The number of hydrogen-bond donors (Lipinski definition) is 0. The van der Waals surface area contributed by atoms with E-state index in [1.54, 1.807) is 26.6 Å². The molecule has 0 aliphatic carbocycles. The van der Waals surface area contributed by atoms with E-state index in [2.05, 4.69) is 32.0 Å². The van der Waals surface area contributed by atoms with Crippen LogP contribution < -0.4 is 4.74 Å². The quantitative estimate of drug-likeness (QED) is 0.407. The topological polar surface area (TPSA) is 79.9 Å². The monoisotopic (exact) mass is 432 g/mol. The largest absolute Gasteiger partial charge is 0.481 e. The van der Waals surface area contributed by atoms with Crippen molar-refractivity contribution < 1.29 is 9.47 Å². The van der Waals surface area contributed by atoms with Gasteiger partial charge in [0.05, 0.1) is 25.0 Å². The van der Waals surface area contributed by atoms with Crippen molar-refractivity contribution in [3.8, 4) is 34.8 Å². The van der Waals surface area contributed by atoms with E-state index in [9.17, 15) is 0 Å². The average molecular weight is 433 g/mol. The summed E-state index contributed by atoms with van der Waals surface area (Å²) in [6, 6.07) is 11.1. The average Bonchev–Trinajstić information content (AvgIpc) is 3.34. The molecule has 5 rings (SSSR count). The Morgan fingerprint density at radius 1 is 1.13 bits per heavy atom. The van der Waals surface area contributed by atoms with Crippen molar-refractivity contribution in [2.24, 2.45) is 0 Å². The summed E-state index contributed by atoms with van der Waals surface area (Å²) in [5, 5.41) is 9.34. The lowest BCUT2D eigenvalue weighted by atomic mass is 10.1. The van der Waals surface area contributed by atoms with E-state index >= 15 is 0 Å². The van der Waals surface area contributed by atoms with Crippen molar-refractivity contribution in [3.05, 3.63) is 70.7 Å². The molecule has 3 aromatic heterocycles. The molecule has 1 aliphatic heterocycles. The second kappa shape index (κ2) is 7.87. The van der Waals surface area contributed by atoms with Gasteiger partial charge in [0.15, 0.2) is 11.6 Å². The third-order valence-corrected chi connectivity index (χ3v) is 5.21. The zero-order chi connectivity index (χ0) is 21.4. The molecule has 1 aromatic carbocycles. The highest BCUT2D eigenvalue weighted by Crippen LogP contribution is 2.34. The van der Waals surface area contributed by atoms with E-state index in [0.717, 1.165) is 22.8 Å². The summed E-state index contributed by atoms with van der Waals surface area (Å²) in [6.45, 7) is 0.828. The van der Waals surface area contributed by atoms with E-state index < -0.39 is 0 Å². The maximum absolute atomic E-state index is 6.29. The van der Waals surface area contributed by atoms with Crippen molar-refractivity contribution in [3.63, 3.8) is 0 Å². The minimum absolute atomic E-state index is 0.339. The SMILES string of the molecule is COCc1nnc2n1Cc1c(C#Cc3cccc(OC)n3)ncn1-c1ccc(Cl)cc1-2. The fourth-order valence-corrected chi connectivity index (χ4v) is 3.71. The number of nitrogens with zero attached hydrogens (tertiary/aromatic N) is 6. The third-order valence-electron chi connectivity index (χ3n) is 4.98. The lowest BCUT2D eigenvalue weighted by molar-refractivity contribution is 0.174. The Morgan fingerprint density at radius 3 is 2.87 bits per heavy atom. The van der Waals surface area contributed by atoms with Crippen LogP contribution in [0.1, 0.15) is 22.9 Å². The smallest absolute Gasteiger partial charge is 0.214 e. The number of methoxy groups -OCH3 is 2. The molecule has 0 atom stereocenters. The Kier molecular flexibility index (Phi) is 4.90. The normalized spacial score (nSPS) is 11.6. The number of fused-ring (bicyclic) bond motifs is 5. The Balaban J connectivity index is 1.66. The molecule has 0 fully saturated rings. The van der Waals surface area contributed by atoms with Gasteiger partial charge < -0.3 is 14.0 Å². The maximum atomic E-state index is 6.29. The molecule has 0 N–H and O–H groups in total. The molecule has 0 amide bonds. The van der Waals surface area contributed by atoms with Crippen LogP contribution in [0.2, 0.25) is 5.02 Å². The molecule has 0 spiro atoms. The van der Waals surface area contributed by atoms with E-state index in [0.29, 0.717) is 41.3 Å². The van der Waals surface area contributed by atoms with Gasteiger partial charge in [0, 0.05) is 23.8 Å². The molecule has 4 aromatic rings. The lowest BCUT2D eigenvalue weighted by Crippen LogP contribution is -2.09. The Hall–Kier alpha value is -3.67. The number of ether oxygens (including phenoxy) is 2. The molecule has 0 radical (unpaired) electrons. The van der Waals surface area contributed by atoms with E-state index in [1.165, 1.54) is 0 Å².